The van der Waals surface area contributed by atoms with Crippen LogP contribution < -0.4 is 10.6 Å². The van der Waals surface area contributed by atoms with Crippen LogP contribution in [0.25, 0.3) is 0 Å². The van der Waals surface area contributed by atoms with Crippen LogP contribution in [0.1, 0.15) is 31.3 Å². The van der Waals surface area contributed by atoms with E-state index in [2.05, 4.69) is 32.5 Å². The SMILES string of the molecule is CCc1nc(NC)cc(NC(C)c2cccnc2)n1. The number of pyridine rings is 1. The van der Waals surface area contributed by atoms with Gasteiger partial charge in [0.1, 0.15) is 17.5 Å². The molecule has 5 heteroatoms. The molecule has 2 aromatic heterocycles. The second-order valence-electron chi connectivity index (χ2n) is 4.31. The Balaban J connectivity index is 2.18. The van der Waals surface area contributed by atoms with Crippen LogP contribution in [-0.4, -0.2) is 22.0 Å². The van der Waals surface area contributed by atoms with Crippen molar-refractivity contribution in [3.05, 3.63) is 42.0 Å². The van der Waals surface area contributed by atoms with Gasteiger partial charge in [0.25, 0.3) is 0 Å². The lowest BCUT2D eigenvalue weighted by Crippen LogP contribution is -2.10. The summed E-state index contributed by atoms with van der Waals surface area (Å²) in [5.41, 5.74) is 1.13. The summed E-state index contributed by atoms with van der Waals surface area (Å²) >= 11 is 0. The normalized spacial score (nSPS) is 11.9. The number of nitrogens with one attached hydrogen (secondary N) is 2. The average molecular weight is 257 g/mol. The third-order valence-electron chi connectivity index (χ3n) is 2.89. The van der Waals surface area contributed by atoms with Gasteiger partial charge >= 0.3 is 0 Å². The minimum Gasteiger partial charge on any atom is -0.373 e. The molecule has 0 aliphatic rings. The summed E-state index contributed by atoms with van der Waals surface area (Å²) in [6.07, 6.45) is 4.44. The first-order valence-electron chi connectivity index (χ1n) is 6.45. The number of anilines is 2. The third kappa shape index (κ3) is 3.40. The Bertz CT molecular complexity index is 504. The topological polar surface area (TPSA) is 62.7 Å². The summed E-state index contributed by atoms with van der Waals surface area (Å²) in [5, 5.41) is 6.43. The van der Waals surface area contributed by atoms with Gasteiger partial charge in [-0.25, -0.2) is 9.97 Å². The summed E-state index contributed by atoms with van der Waals surface area (Å²) < 4.78 is 0. The van der Waals surface area contributed by atoms with Gasteiger partial charge in [-0.05, 0) is 18.6 Å². The predicted molar refractivity (Wildman–Crippen MR) is 77.2 cm³/mol. The molecular formula is C14H19N5. The van der Waals surface area contributed by atoms with Crippen LogP contribution in [-0.2, 0) is 6.42 Å². The summed E-state index contributed by atoms with van der Waals surface area (Å²) in [4.78, 5) is 13.0. The highest BCUT2D eigenvalue weighted by Crippen LogP contribution is 2.18. The van der Waals surface area contributed by atoms with Gasteiger partial charge < -0.3 is 10.6 Å². The highest BCUT2D eigenvalue weighted by Gasteiger charge is 2.08. The molecule has 19 heavy (non-hydrogen) atoms. The molecule has 1 atom stereocenters. The molecule has 0 fully saturated rings. The van der Waals surface area contributed by atoms with Gasteiger partial charge in [-0.2, -0.15) is 0 Å². The second kappa shape index (κ2) is 6.13. The fourth-order valence-corrected chi connectivity index (χ4v) is 1.79. The molecule has 0 saturated carbocycles. The fourth-order valence-electron chi connectivity index (χ4n) is 1.79. The van der Waals surface area contributed by atoms with Crippen LogP contribution in [0.3, 0.4) is 0 Å². The van der Waals surface area contributed by atoms with Crippen LogP contribution in [0, 0.1) is 0 Å². The van der Waals surface area contributed by atoms with Crippen molar-refractivity contribution in [2.75, 3.05) is 17.7 Å². The number of aromatic nitrogens is 3. The number of nitrogens with zero attached hydrogens (tertiary/aromatic N) is 3. The van der Waals surface area contributed by atoms with Crippen molar-refractivity contribution in [2.45, 2.75) is 26.3 Å². The van der Waals surface area contributed by atoms with Gasteiger partial charge in [0, 0.05) is 31.9 Å². The first-order valence-corrected chi connectivity index (χ1v) is 6.45. The molecule has 0 saturated heterocycles. The Morgan fingerprint density at radius 2 is 2.05 bits per heavy atom. The highest BCUT2D eigenvalue weighted by molar-refractivity contribution is 5.48. The van der Waals surface area contributed by atoms with E-state index in [4.69, 9.17) is 0 Å². The first kappa shape index (κ1) is 13.3. The number of hydrogen-bond acceptors (Lipinski definition) is 5. The van der Waals surface area contributed by atoms with E-state index in [1.165, 1.54) is 0 Å². The molecular weight excluding hydrogens is 238 g/mol. The second-order valence-corrected chi connectivity index (χ2v) is 4.31. The van der Waals surface area contributed by atoms with E-state index in [1.807, 2.05) is 38.4 Å². The van der Waals surface area contributed by atoms with Gasteiger partial charge in [0.05, 0.1) is 6.04 Å². The van der Waals surface area contributed by atoms with E-state index in [-0.39, 0.29) is 6.04 Å². The maximum Gasteiger partial charge on any atom is 0.132 e. The zero-order valence-corrected chi connectivity index (χ0v) is 11.5. The molecule has 2 aromatic rings. The molecule has 2 rings (SSSR count). The van der Waals surface area contributed by atoms with Gasteiger partial charge in [0.2, 0.25) is 0 Å². The molecule has 100 valence electrons. The molecule has 0 amide bonds. The molecule has 0 aliphatic carbocycles. The highest BCUT2D eigenvalue weighted by atomic mass is 15.1. The van der Waals surface area contributed by atoms with E-state index < -0.39 is 0 Å². The van der Waals surface area contributed by atoms with Crippen molar-refractivity contribution in [3.8, 4) is 0 Å². The van der Waals surface area contributed by atoms with E-state index in [0.29, 0.717) is 0 Å². The van der Waals surface area contributed by atoms with Gasteiger partial charge in [0.15, 0.2) is 0 Å². The zero-order chi connectivity index (χ0) is 13.7. The van der Waals surface area contributed by atoms with Gasteiger partial charge in [-0.3, -0.25) is 4.98 Å². The van der Waals surface area contributed by atoms with Crippen molar-refractivity contribution < 1.29 is 0 Å². The van der Waals surface area contributed by atoms with Gasteiger partial charge in [-0.15, -0.1) is 0 Å². The molecule has 0 spiro atoms. The molecule has 2 N–H and O–H groups in total. The maximum absolute atomic E-state index is 4.48. The first-order chi connectivity index (χ1) is 9.22. The molecule has 1 unspecified atom stereocenters. The maximum atomic E-state index is 4.48. The smallest absolute Gasteiger partial charge is 0.132 e. The Morgan fingerprint density at radius 1 is 1.26 bits per heavy atom. The Hall–Kier alpha value is -2.17. The monoisotopic (exact) mass is 257 g/mol. The zero-order valence-electron chi connectivity index (χ0n) is 11.5. The van der Waals surface area contributed by atoms with Crippen LogP contribution in [0.15, 0.2) is 30.6 Å². The number of hydrogen-bond donors (Lipinski definition) is 2. The molecule has 0 bridgehead atoms. The average Bonchev–Trinajstić information content (AvgIpc) is 2.47. The van der Waals surface area contributed by atoms with Crippen molar-refractivity contribution in [2.24, 2.45) is 0 Å². The lowest BCUT2D eigenvalue weighted by molar-refractivity contribution is 0.851. The largest absolute Gasteiger partial charge is 0.373 e. The minimum atomic E-state index is 0.151. The van der Waals surface area contributed by atoms with Crippen molar-refractivity contribution >= 4 is 11.6 Å². The molecule has 2 heterocycles. The summed E-state index contributed by atoms with van der Waals surface area (Å²) in [5.74, 6) is 2.48. The van der Waals surface area contributed by atoms with Crippen LogP contribution in [0.5, 0.6) is 0 Å². The molecule has 0 aromatic carbocycles. The summed E-state index contributed by atoms with van der Waals surface area (Å²) in [6.45, 7) is 4.13. The number of aryl methyl sites for hydroxylation is 1. The van der Waals surface area contributed by atoms with Gasteiger partial charge in [-0.1, -0.05) is 13.0 Å². The van der Waals surface area contributed by atoms with Crippen LogP contribution in [0.4, 0.5) is 11.6 Å². The van der Waals surface area contributed by atoms with Crippen molar-refractivity contribution in [3.63, 3.8) is 0 Å². The van der Waals surface area contributed by atoms with E-state index >= 15 is 0 Å². The fraction of sp³-hybridized carbons (Fsp3) is 0.357. The Labute approximate surface area is 113 Å². The lowest BCUT2D eigenvalue weighted by Gasteiger charge is -2.15. The van der Waals surface area contributed by atoms with E-state index in [1.54, 1.807) is 6.20 Å². The molecule has 5 nitrogen and oxygen atoms in total. The minimum absolute atomic E-state index is 0.151. The predicted octanol–water partition coefficient (Wildman–Crippen LogP) is 2.65. The Kier molecular flexibility index (Phi) is 4.28. The quantitative estimate of drug-likeness (QED) is 0.862. The molecule has 0 radical (unpaired) electrons. The Morgan fingerprint density at radius 3 is 2.68 bits per heavy atom. The van der Waals surface area contributed by atoms with E-state index in [0.717, 1.165) is 29.4 Å². The van der Waals surface area contributed by atoms with Crippen LogP contribution >= 0.6 is 0 Å². The standard InChI is InChI=1S/C14H19N5/c1-4-12-18-13(15-3)8-14(19-12)17-10(2)11-6-5-7-16-9-11/h5-10H,4H2,1-3H3,(H2,15,17,18,19). The third-order valence-corrected chi connectivity index (χ3v) is 2.89. The van der Waals surface area contributed by atoms with E-state index in [9.17, 15) is 0 Å². The van der Waals surface area contributed by atoms with Crippen molar-refractivity contribution in [1.29, 1.82) is 0 Å². The molecule has 0 aliphatic heterocycles. The van der Waals surface area contributed by atoms with Crippen LogP contribution in [0.2, 0.25) is 0 Å². The van der Waals surface area contributed by atoms with Crippen molar-refractivity contribution in [1.82, 2.24) is 15.0 Å². The summed E-state index contributed by atoms with van der Waals surface area (Å²) in [6, 6.07) is 6.04. The lowest BCUT2D eigenvalue weighted by atomic mass is 10.1. The summed E-state index contributed by atoms with van der Waals surface area (Å²) in [7, 11) is 1.86. The number of rotatable bonds is 5.